The van der Waals surface area contributed by atoms with Gasteiger partial charge in [-0.3, -0.25) is 9.88 Å². The number of rotatable bonds is 8. The lowest BCUT2D eigenvalue weighted by Gasteiger charge is -2.21. The molecule has 2 aromatic heterocycles. The first-order valence-electron chi connectivity index (χ1n) is 8.15. The van der Waals surface area contributed by atoms with Crippen molar-refractivity contribution in [2.24, 2.45) is 0 Å². The number of aromatic amines is 1. The van der Waals surface area contributed by atoms with E-state index in [1.54, 1.807) is 0 Å². The minimum atomic E-state index is 0.228. The van der Waals surface area contributed by atoms with Crippen LogP contribution in [0.25, 0.3) is 10.9 Å². The molecule has 4 nitrogen and oxygen atoms in total. The highest BCUT2D eigenvalue weighted by Crippen LogP contribution is 2.18. The summed E-state index contributed by atoms with van der Waals surface area (Å²) in [6.07, 6.45) is 5.72. The summed E-state index contributed by atoms with van der Waals surface area (Å²) in [5.41, 5.74) is 3.61. The van der Waals surface area contributed by atoms with Gasteiger partial charge < -0.3 is 10.1 Å². The molecule has 3 aromatic rings. The highest BCUT2D eigenvalue weighted by molar-refractivity contribution is 5.83. The minimum absolute atomic E-state index is 0.228. The van der Waals surface area contributed by atoms with Gasteiger partial charge in [0.1, 0.15) is 0 Å². The molecular formula is C19H23N3O. The third-order valence-electron chi connectivity index (χ3n) is 4.12. The van der Waals surface area contributed by atoms with E-state index in [-0.39, 0.29) is 6.61 Å². The van der Waals surface area contributed by atoms with Crippen molar-refractivity contribution in [2.45, 2.75) is 19.4 Å². The molecule has 0 spiro atoms. The zero-order valence-corrected chi connectivity index (χ0v) is 13.3. The zero-order valence-electron chi connectivity index (χ0n) is 13.3. The van der Waals surface area contributed by atoms with Gasteiger partial charge >= 0.3 is 0 Å². The number of nitrogens with zero attached hydrogens (tertiary/aromatic N) is 2. The van der Waals surface area contributed by atoms with Crippen LogP contribution >= 0.6 is 0 Å². The molecule has 0 atom stereocenters. The molecule has 0 bridgehead atoms. The average molecular weight is 309 g/mol. The maximum absolute atomic E-state index is 9.13. The van der Waals surface area contributed by atoms with Gasteiger partial charge in [0.05, 0.1) is 5.69 Å². The molecule has 120 valence electrons. The van der Waals surface area contributed by atoms with E-state index in [1.807, 2.05) is 18.3 Å². The number of hydrogen-bond acceptors (Lipinski definition) is 3. The molecule has 0 saturated carbocycles. The molecular weight excluding hydrogens is 286 g/mol. The number of aliphatic hydroxyl groups is 1. The Morgan fingerprint density at radius 1 is 1.04 bits per heavy atom. The topological polar surface area (TPSA) is 52.1 Å². The summed E-state index contributed by atoms with van der Waals surface area (Å²) >= 11 is 0. The van der Waals surface area contributed by atoms with Crippen molar-refractivity contribution in [2.75, 3.05) is 19.7 Å². The van der Waals surface area contributed by atoms with Gasteiger partial charge in [-0.25, -0.2) is 0 Å². The normalized spacial score (nSPS) is 11.4. The number of aliphatic hydroxyl groups excluding tert-OH is 1. The van der Waals surface area contributed by atoms with E-state index < -0.39 is 0 Å². The third kappa shape index (κ3) is 4.18. The standard InChI is InChI=1S/C19H23N3O/c23-13-5-11-22(15-17-6-3-4-10-20-17)12-9-16-14-21-19-8-2-1-7-18(16)19/h1-4,6-8,10,14,21,23H,5,9,11-13,15H2. The maximum atomic E-state index is 9.13. The quantitative estimate of drug-likeness (QED) is 0.672. The Labute approximate surface area is 136 Å². The molecule has 23 heavy (non-hydrogen) atoms. The number of para-hydroxylation sites is 1. The summed E-state index contributed by atoms with van der Waals surface area (Å²) in [5.74, 6) is 0. The molecule has 0 fully saturated rings. The Bertz CT molecular complexity index is 724. The van der Waals surface area contributed by atoms with Crippen molar-refractivity contribution >= 4 is 10.9 Å². The molecule has 0 aliphatic heterocycles. The van der Waals surface area contributed by atoms with Gasteiger partial charge in [0.2, 0.25) is 0 Å². The second kappa shape index (κ2) is 7.90. The van der Waals surface area contributed by atoms with Gasteiger partial charge in [0, 0.05) is 49.5 Å². The lowest BCUT2D eigenvalue weighted by molar-refractivity contribution is 0.218. The van der Waals surface area contributed by atoms with Crippen molar-refractivity contribution < 1.29 is 5.11 Å². The van der Waals surface area contributed by atoms with Gasteiger partial charge in [-0.15, -0.1) is 0 Å². The molecule has 0 radical (unpaired) electrons. The summed E-state index contributed by atoms with van der Waals surface area (Å²) in [6, 6.07) is 14.4. The summed E-state index contributed by atoms with van der Waals surface area (Å²) < 4.78 is 0. The van der Waals surface area contributed by atoms with Crippen LogP contribution in [0.2, 0.25) is 0 Å². The zero-order chi connectivity index (χ0) is 15.9. The minimum Gasteiger partial charge on any atom is -0.396 e. The molecule has 0 amide bonds. The average Bonchev–Trinajstić information content (AvgIpc) is 3.01. The second-order valence-corrected chi connectivity index (χ2v) is 5.78. The SMILES string of the molecule is OCCCN(CCc1c[nH]c2ccccc12)Cc1ccccn1. The third-order valence-corrected chi connectivity index (χ3v) is 4.12. The first-order chi connectivity index (χ1) is 11.4. The summed E-state index contributed by atoms with van der Waals surface area (Å²) in [4.78, 5) is 10.1. The smallest absolute Gasteiger partial charge is 0.0543 e. The molecule has 0 saturated heterocycles. The Balaban J connectivity index is 1.66. The van der Waals surface area contributed by atoms with Gasteiger partial charge in [0.25, 0.3) is 0 Å². The first-order valence-corrected chi connectivity index (χ1v) is 8.15. The number of aromatic nitrogens is 2. The molecule has 0 unspecified atom stereocenters. The summed E-state index contributed by atoms with van der Waals surface area (Å²) in [7, 11) is 0. The molecule has 0 aliphatic carbocycles. The molecule has 2 N–H and O–H groups in total. The number of fused-ring (bicyclic) bond motifs is 1. The Morgan fingerprint density at radius 2 is 1.91 bits per heavy atom. The van der Waals surface area contributed by atoms with Crippen molar-refractivity contribution in [1.29, 1.82) is 0 Å². The van der Waals surface area contributed by atoms with Crippen LogP contribution in [0.1, 0.15) is 17.7 Å². The maximum Gasteiger partial charge on any atom is 0.0543 e. The van der Waals surface area contributed by atoms with Crippen LogP contribution in [0.3, 0.4) is 0 Å². The monoisotopic (exact) mass is 309 g/mol. The van der Waals surface area contributed by atoms with Gasteiger partial charge in [-0.2, -0.15) is 0 Å². The lowest BCUT2D eigenvalue weighted by atomic mass is 10.1. The van der Waals surface area contributed by atoms with Crippen molar-refractivity contribution in [1.82, 2.24) is 14.9 Å². The van der Waals surface area contributed by atoms with Crippen LogP contribution in [0.4, 0.5) is 0 Å². The molecule has 3 rings (SSSR count). The van der Waals surface area contributed by atoms with Gasteiger partial charge in [-0.05, 0) is 36.6 Å². The number of hydrogen-bond donors (Lipinski definition) is 2. The number of nitrogens with one attached hydrogen (secondary N) is 1. The van der Waals surface area contributed by atoms with Crippen molar-refractivity contribution in [3.8, 4) is 0 Å². The van der Waals surface area contributed by atoms with E-state index in [2.05, 4.69) is 51.4 Å². The van der Waals surface area contributed by atoms with E-state index in [0.717, 1.165) is 38.2 Å². The van der Waals surface area contributed by atoms with Gasteiger partial charge in [0.15, 0.2) is 0 Å². The second-order valence-electron chi connectivity index (χ2n) is 5.78. The summed E-state index contributed by atoms with van der Waals surface area (Å²) in [6.45, 7) is 2.89. The Kier molecular flexibility index (Phi) is 5.40. The highest BCUT2D eigenvalue weighted by Gasteiger charge is 2.09. The van der Waals surface area contributed by atoms with Crippen LogP contribution in [0.5, 0.6) is 0 Å². The number of pyridine rings is 1. The van der Waals surface area contributed by atoms with Crippen LogP contribution < -0.4 is 0 Å². The lowest BCUT2D eigenvalue weighted by Crippen LogP contribution is -2.27. The molecule has 0 aliphatic rings. The van der Waals surface area contributed by atoms with E-state index in [0.29, 0.717) is 0 Å². The molecule has 4 heteroatoms. The van der Waals surface area contributed by atoms with E-state index in [9.17, 15) is 0 Å². The largest absolute Gasteiger partial charge is 0.396 e. The van der Waals surface area contributed by atoms with E-state index in [1.165, 1.54) is 16.5 Å². The Hall–Kier alpha value is -2.17. The highest BCUT2D eigenvalue weighted by atomic mass is 16.3. The van der Waals surface area contributed by atoms with E-state index >= 15 is 0 Å². The first kappa shape index (κ1) is 15.7. The molecule has 2 heterocycles. The van der Waals surface area contributed by atoms with Crippen LogP contribution in [-0.4, -0.2) is 39.7 Å². The summed E-state index contributed by atoms with van der Waals surface area (Å²) in [5, 5.41) is 10.4. The van der Waals surface area contributed by atoms with Crippen molar-refractivity contribution in [3.05, 3.63) is 66.1 Å². The van der Waals surface area contributed by atoms with Crippen LogP contribution in [0, 0.1) is 0 Å². The number of H-pyrrole nitrogens is 1. The van der Waals surface area contributed by atoms with Crippen molar-refractivity contribution in [3.63, 3.8) is 0 Å². The Morgan fingerprint density at radius 3 is 2.74 bits per heavy atom. The fourth-order valence-electron chi connectivity index (χ4n) is 2.90. The predicted molar refractivity (Wildman–Crippen MR) is 93.2 cm³/mol. The fourth-order valence-corrected chi connectivity index (χ4v) is 2.90. The predicted octanol–water partition coefficient (Wildman–Crippen LogP) is 2.99. The van der Waals surface area contributed by atoms with Gasteiger partial charge in [-0.1, -0.05) is 24.3 Å². The van der Waals surface area contributed by atoms with E-state index in [4.69, 9.17) is 5.11 Å². The fraction of sp³-hybridized carbons (Fsp3) is 0.316. The molecule has 1 aromatic carbocycles. The van der Waals surface area contributed by atoms with Crippen LogP contribution in [-0.2, 0) is 13.0 Å². The van der Waals surface area contributed by atoms with Crippen LogP contribution in [0.15, 0.2) is 54.9 Å². The number of benzene rings is 1.